The highest BCUT2D eigenvalue weighted by atomic mass is 16.3. The van der Waals surface area contributed by atoms with E-state index in [2.05, 4.69) is 0 Å². The lowest BCUT2D eigenvalue weighted by Crippen LogP contribution is -2.34. The van der Waals surface area contributed by atoms with Gasteiger partial charge >= 0.3 is 0 Å². The molecule has 3 rings (SSSR count). The van der Waals surface area contributed by atoms with Crippen LogP contribution in [0.5, 0.6) is 0 Å². The third kappa shape index (κ3) is 1.85. The average Bonchev–Trinajstić information content (AvgIpc) is 3.19. The Bertz CT molecular complexity index is 864. The van der Waals surface area contributed by atoms with Gasteiger partial charge in [-0.2, -0.15) is 15.8 Å². The van der Waals surface area contributed by atoms with Crippen molar-refractivity contribution in [2.24, 2.45) is 11.1 Å². The Morgan fingerprint density at radius 2 is 1.74 bits per heavy atom. The second kappa shape index (κ2) is 5.26. The largest absolute Gasteiger partial charge is 0.467 e. The maximum atomic E-state index is 9.69. The minimum absolute atomic E-state index is 0.0623. The maximum Gasteiger partial charge on any atom is 0.209 e. The van der Waals surface area contributed by atoms with Gasteiger partial charge in [0.05, 0.1) is 18.4 Å². The minimum Gasteiger partial charge on any atom is -0.467 e. The molecule has 2 aromatic rings. The van der Waals surface area contributed by atoms with E-state index >= 15 is 0 Å². The summed E-state index contributed by atoms with van der Waals surface area (Å²) in [7, 11) is 0. The van der Waals surface area contributed by atoms with Gasteiger partial charge in [0, 0.05) is 5.69 Å². The van der Waals surface area contributed by atoms with Crippen LogP contribution in [0.25, 0.3) is 0 Å². The summed E-state index contributed by atoms with van der Waals surface area (Å²) < 4.78 is 5.43. The second-order valence-corrected chi connectivity index (χ2v) is 5.03. The summed E-state index contributed by atoms with van der Waals surface area (Å²) >= 11 is 0. The molecule has 6 nitrogen and oxygen atoms in total. The van der Waals surface area contributed by atoms with Crippen LogP contribution in [0.4, 0.5) is 5.69 Å². The van der Waals surface area contributed by atoms with E-state index in [0.29, 0.717) is 11.4 Å². The van der Waals surface area contributed by atoms with E-state index in [1.807, 2.05) is 36.4 Å². The molecule has 1 aliphatic heterocycles. The van der Waals surface area contributed by atoms with Crippen molar-refractivity contribution in [3.63, 3.8) is 0 Å². The van der Waals surface area contributed by atoms with Crippen LogP contribution in [0.1, 0.15) is 11.8 Å². The third-order valence-electron chi connectivity index (χ3n) is 3.89. The summed E-state index contributed by atoms with van der Waals surface area (Å²) in [4.78, 5) is 1.60. The van der Waals surface area contributed by atoms with Gasteiger partial charge in [0.15, 0.2) is 0 Å². The van der Waals surface area contributed by atoms with Crippen LogP contribution in [0.2, 0.25) is 0 Å². The minimum atomic E-state index is -1.73. The zero-order chi connectivity index (χ0) is 16.4. The fraction of sp³-hybridized carbons (Fsp3) is 0.118. The molecule has 2 heterocycles. The number of furan rings is 1. The monoisotopic (exact) mass is 301 g/mol. The van der Waals surface area contributed by atoms with Crippen molar-refractivity contribution in [1.29, 1.82) is 15.8 Å². The van der Waals surface area contributed by atoms with Crippen molar-refractivity contribution < 1.29 is 4.42 Å². The Morgan fingerprint density at radius 3 is 2.26 bits per heavy atom. The fourth-order valence-electron chi connectivity index (χ4n) is 2.86. The zero-order valence-corrected chi connectivity index (χ0v) is 12.0. The van der Waals surface area contributed by atoms with Gasteiger partial charge in [0.2, 0.25) is 5.41 Å². The van der Waals surface area contributed by atoms with Crippen molar-refractivity contribution in [3.05, 3.63) is 65.9 Å². The van der Waals surface area contributed by atoms with E-state index in [1.165, 1.54) is 6.26 Å². The Hall–Kier alpha value is -3.69. The van der Waals surface area contributed by atoms with E-state index in [0.717, 1.165) is 0 Å². The molecule has 0 aliphatic carbocycles. The quantitative estimate of drug-likeness (QED) is 0.911. The number of para-hydroxylation sites is 1. The smallest absolute Gasteiger partial charge is 0.209 e. The van der Waals surface area contributed by atoms with Crippen molar-refractivity contribution in [2.75, 3.05) is 4.90 Å². The lowest BCUT2D eigenvalue weighted by atomic mass is 9.78. The predicted molar refractivity (Wildman–Crippen MR) is 80.9 cm³/mol. The van der Waals surface area contributed by atoms with Crippen LogP contribution >= 0.6 is 0 Å². The molecule has 1 aromatic carbocycles. The highest BCUT2D eigenvalue weighted by molar-refractivity contribution is 5.66. The van der Waals surface area contributed by atoms with Gasteiger partial charge in [-0.05, 0) is 24.3 Å². The molecular weight excluding hydrogens is 290 g/mol. The Balaban J connectivity index is 2.30. The Kier molecular flexibility index (Phi) is 3.26. The van der Waals surface area contributed by atoms with Crippen molar-refractivity contribution in [3.8, 4) is 18.2 Å². The predicted octanol–water partition coefficient (Wildman–Crippen LogP) is 2.57. The molecule has 110 valence electrons. The summed E-state index contributed by atoms with van der Waals surface area (Å²) in [5.41, 5.74) is 5.01. The van der Waals surface area contributed by atoms with E-state index in [4.69, 9.17) is 10.2 Å². The van der Waals surface area contributed by atoms with Crippen LogP contribution in [-0.4, -0.2) is 0 Å². The fourth-order valence-corrected chi connectivity index (χ4v) is 2.86. The topological polar surface area (TPSA) is 114 Å². The van der Waals surface area contributed by atoms with Gasteiger partial charge in [0.1, 0.15) is 29.3 Å². The molecule has 0 saturated carbocycles. The normalized spacial score (nSPS) is 19.0. The number of rotatable bonds is 2. The number of anilines is 1. The molecule has 1 aliphatic rings. The molecule has 6 heteroatoms. The van der Waals surface area contributed by atoms with E-state index < -0.39 is 11.5 Å². The zero-order valence-electron chi connectivity index (χ0n) is 12.0. The first-order valence-electron chi connectivity index (χ1n) is 6.80. The highest BCUT2D eigenvalue weighted by Crippen LogP contribution is 2.52. The lowest BCUT2D eigenvalue weighted by Gasteiger charge is -2.30. The molecule has 0 saturated heterocycles. The average molecular weight is 301 g/mol. The number of nitriles is 3. The highest BCUT2D eigenvalue weighted by Gasteiger charge is 2.56. The van der Waals surface area contributed by atoms with E-state index in [9.17, 15) is 15.8 Å². The number of benzene rings is 1. The molecule has 0 radical (unpaired) electrons. The molecular formula is C17H11N5O. The molecule has 0 spiro atoms. The summed E-state index contributed by atoms with van der Waals surface area (Å²) in [6.07, 6.45) is 1.46. The van der Waals surface area contributed by atoms with Gasteiger partial charge in [-0.25, -0.2) is 0 Å². The molecule has 23 heavy (non-hydrogen) atoms. The number of nitrogens with two attached hydrogens (primary N) is 1. The van der Waals surface area contributed by atoms with E-state index in [-0.39, 0.29) is 11.4 Å². The van der Waals surface area contributed by atoms with Gasteiger partial charge in [0.25, 0.3) is 0 Å². The molecule has 1 aromatic heterocycles. The molecule has 0 unspecified atom stereocenters. The Morgan fingerprint density at radius 1 is 1.04 bits per heavy atom. The summed E-state index contributed by atoms with van der Waals surface area (Å²) in [5, 5.41) is 28.8. The van der Waals surface area contributed by atoms with Crippen molar-refractivity contribution >= 4 is 5.69 Å². The van der Waals surface area contributed by atoms with Crippen LogP contribution < -0.4 is 10.6 Å². The van der Waals surface area contributed by atoms with Gasteiger partial charge in [-0.15, -0.1) is 0 Å². The summed E-state index contributed by atoms with van der Waals surface area (Å²) in [6, 6.07) is 17.4. The molecule has 1 atom stereocenters. The van der Waals surface area contributed by atoms with Crippen LogP contribution in [0.3, 0.4) is 0 Å². The summed E-state index contributed by atoms with van der Waals surface area (Å²) in [5.74, 6) is 0.480. The van der Waals surface area contributed by atoms with Gasteiger partial charge in [-0.3, -0.25) is 0 Å². The van der Waals surface area contributed by atoms with Gasteiger partial charge in [-0.1, -0.05) is 18.2 Å². The molecule has 0 fully saturated rings. The maximum absolute atomic E-state index is 9.69. The first kappa shape index (κ1) is 14.3. The third-order valence-corrected chi connectivity index (χ3v) is 3.89. The summed E-state index contributed by atoms with van der Waals surface area (Å²) in [6.45, 7) is 0. The first-order chi connectivity index (χ1) is 11.2. The van der Waals surface area contributed by atoms with Crippen LogP contribution in [0.15, 0.2) is 64.5 Å². The number of hydrogen-bond donors (Lipinski definition) is 1. The molecule has 0 amide bonds. The molecule has 2 N–H and O–H groups in total. The van der Waals surface area contributed by atoms with E-state index in [1.54, 1.807) is 29.2 Å². The lowest BCUT2D eigenvalue weighted by molar-refractivity contribution is 0.405. The standard InChI is InChI=1S/C17H11N5O/c18-9-13-16(21)22(12-5-2-1-3-6-12)15(14-7-4-8-23-14)17(13,10-19)11-20/h1-8,15H,21H2/t15-/m1/s1. The second-order valence-electron chi connectivity index (χ2n) is 5.03. The SMILES string of the molecule is N#CC1=C(N)N(c2ccccc2)[C@H](c2ccco2)C1(C#N)C#N. The van der Waals surface area contributed by atoms with Crippen molar-refractivity contribution in [2.45, 2.75) is 6.04 Å². The van der Waals surface area contributed by atoms with Crippen LogP contribution in [0, 0.1) is 39.4 Å². The molecule has 0 bridgehead atoms. The first-order valence-corrected chi connectivity index (χ1v) is 6.80. The Labute approximate surface area is 132 Å². The van der Waals surface area contributed by atoms with Gasteiger partial charge < -0.3 is 15.1 Å². The number of nitrogens with zero attached hydrogens (tertiary/aromatic N) is 4. The van der Waals surface area contributed by atoms with Crippen LogP contribution in [-0.2, 0) is 0 Å². The van der Waals surface area contributed by atoms with Crippen molar-refractivity contribution in [1.82, 2.24) is 0 Å². The number of hydrogen-bond acceptors (Lipinski definition) is 6.